The number of carbonyl (C=O) groups is 1. The fourth-order valence-corrected chi connectivity index (χ4v) is 4.83. The number of amides is 1. The summed E-state index contributed by atoms with van der Waals surface area (Å²) in [6.07, 6.45) is 3.32. The Morgan fingerprint density at radius 1 is 1.37 bits per heavy atom. The molecule has 0 spiro atoms. The van der Waals surface area contributed by atoms with E-state index in [0.717, 1.165) is 48.2 Å². The Morgan fingerprint density at radius 2 is 2.22 bits per heavy atom. The average Bonchev–Trinajstić information content (AvgIpc) is 3.16. The van der Waals surface area contributed by atoms with E-state index in [1.54, 1.807) is 11.3 Å². The molecule has 1 unspecified atom stereocenters. The fourth-order valence-electron chi connectivity index (χ4n) is 3.57. The van der Waals surface area contributed by atoms with Crippen LogP contribution in [0.15, 0.2) is 24.3 Å². The largest absolute Gasteiger partial charge is 0.314 e. The second kappa shape index (κ2) is 10.0. The molecule has 148 valence electrons. The van der Waals surface area contributed by atoms with Gasteiger partial charge in [-0.15, -0.1) is 36.2 Å². The van der Waals surface area contributed by atoms with Gasteiger partial charge < -0.3 is 10.6 Å². The topological polar surface area (TPSA) is 57.3 Å². The van der Waals surface area contributed by atoms with Crippen LogP contribution in [0, 0.1) is 0 Å². The Kier molecular flexibility index (Phi) is 8.34. The van der Waals surface area contributed by atoms with Gasteiger partial charge in [-0.25, -0.2) is 4.98 Å². The fraction of sp³-hybridized carbons (Fsp3) is 0.444. The predicted molar refractivity (Wildman–Crippen MR) is 116 cm³/mol. The van der Waals surface area contributed by atoms with Gasteiger partial charge in [0.25, 0.3) is 0 Å². The molecular weight excluding hydrogens is 427 g/mol. The molecule has 1 aliphatic carbocycles. The summed E-state index contributed by atoms with van der Waals surface area (Å²) in [7, 11) is 0. The molecule has 0 bridgehead atoms. The Morgan fingerprint density at radius 3 is 3.00 bits per heavy atom. The lowest BCUT2D eigenvalue weighted by atomic mass is 10.0. The molecule has 1 atom stereocenters. The Balaban J connectivity index is 0.00000131. The van der Waals surface area contributed by atoms with E-state index < -0.39 is 0 Å². The van der Waals surface area contributed by atoms with Crippen molar-refractivity contribution >= 4 is 58.8 Å². The van der Waals surface area contributed by atoms with Crippen molar-refractivity contribution in [3.63, 3.8) is 0 Å². The first kappa shape index (κ1) is 22.4. The normalized spacial score (nSPS) is 18.9. The van der Waals surface area contributed by atoms with Crippen molar-refractivity contribution in [2.45, 2.75) is 25.3 Å². The minimum atomic E-state index is 0. The first-order valence-corrected chi connectivity index (χ1v) is 9.87. The van der Waals surface area contributed by atoms with Gasteiger partial charge in [-0.05, 0) is 37.0 Å². The number of nitrogens with one attached hydrogen (secondary N) is 2. The van der Waals surface area contributed by atoms with E-state index in [0.29, 0.717) is 6.54 Å². The number of hydrogen-bond donors (Lipinski definition) is 2. The highest BCUT2D eigenvalue weighted by Gasteiger charge is 2.26. The van der Waals surface area contributed by atoms with Gasteiger partial charge in [0.1, 0.15) is 0 Å². The van der Waals surface area contributed by atoms with E-state index in [9.17, 15) is 4.79 Å². The van der Waals surface area contributed by atoms with Crippen LogP contribution < -0.4 is 10.6 Å². The summed E-state index contributed by atoms with van der Waals surface area (Å²) in [5.41, 5.74) is 2.31. The molecule has 1 aromatic heterocycles. The molecule has 1 amide bonds. The van der Waals surface area contributed by atoms with Gasteiger partial charge in [-0.2, -0.15) is 0 Å². The number of halogens is 3. The molecule has 1 saturated heterocycles. The van der Waals surface area contributed by atoms with Crippen molar-refractivity contribution in [3.8, 4) is 0 Å². The number of aryl methyl sites for hydroxylation is 2. The zero-order valence-corrected chi connectivity index (χ0v) is 17.9. The Hall–Kier alpha value is -0.890. The zero-order valence-electron chi connectivity index (χ0n) is 14.7. The summed E-state index contributed by atoms with van der Waals surface area (Å²) < 4.78 is 0. The number of anilines is 1. The van der Waals surface area contributed by atoms with Gasteiger partial charge in [-0.3, -0.25) is 9.69 Å². The molecule has 27 heavy (non-hydrogen) atoms. The Bertz CT molecular complexity index is 764. The summed E-state index contributed by atoms with van der Waals surface area (Å²) >= 11 is 7.76. The number of rotatable bonds is 4. The van der Waals surface area contributed by atoms with Crippen molar-refractivity contribution in [2.24, 2.45) is 0 Å². The number of hydrogen-bond acceptors (Lipinski definition) is 5. The maximum absolute atomic E-state index is 12.5. The average molecular weight is 450 g/mol. The first-order chi connectivity index (χ1) is 12.2. The molecule has 4 rings (SSSR count). The Labute approximate surface area is 180 Å². The van der Waals surface area contributed by atoms with Gasteiger partial charge in [0.2, 0.25) is 5.91 Å². The molecule has 2 aromatic rings. The van der Waals surface area contributed by atoms with Crippen molar-refractivity contribution < 1.29 is 4.79 Å². The van der Waals surface area contributed by atoms with Crippen LogP contribution in [0.2, 0.25) is 5.02 Å². The third kappa shape index (κ3) is 5.34. The van der Waals surface area contributed by atoms with E-state index in [1.165, 1.54) is 17.0 Å². The van der Waals surface area contributed by atoms with Crippen LogP contribution in [0.25, 0.3) is 0 Å². The van der Waals surface area contributed by atoms with Crippen molar-refractivity contribution in [1.29, 1.82) is 0 Å². The lowest BCUT2D eigenvalue weighted by Crippen LogP contribution is -2.48. The molecule has 0 saturated carbocycles. The molecule has 9 heteroatoms. The van der Waals surface area contributed by atoms with E-state index in [-0.39, 0.29) is 36.8 Å². The molecular formula is C18H23Cl3N4OS. The highest BCUT2D eigenvalue weighted by Crippen LogP contribution is 2.30. The molecule has 1 aromatic carbocycles. The van der Waals surface area contributed by atoms with Crippen LogP contribution in [-0.4, -0.2) is 42.0 Å². The smallest absolute Gasteiger partial charge is 0.240 e. The van der Waals surface area contributed by atoms with Gasteiger partial charge in [0.15, 0.2) is 5.13 Å². The molecule has 0 radical (unpaired) electrons. The summed E-state index contributed by atoms with van der Waals surface area (Å²) in [5, 5.41) is 7.85. The van der Waals surface area contributed by atoms with Crippen LogP contribution in [0.5, 0.6) is 0 Å². The number of piperazine rings is 1. The van der Waals surface area contributed by atoms with E-state index in [2.05, 4.69) is 26.6 Å². The standard InChI is InChI=1S/C18H21ClN4OS.2ClH/c19-13-4-1-3-12(9-13)15-10-20-7-8-23(15)11-17(24)22-18-21-14-5-2-6-16(14)25-18;;/h1,3-4,9,15,20H,2,5-8,10-11H2,(H,21,22,24);2*1H. The van der Waals surface area contributed by atoms with Crippen LogP contribution in [0.3, 0.4) is 0 Å². The monoisotopic (exact) mass is 448 g/mol. The second-order valence-corrected chi connectivity index (χ2v) is 8.06. The lowest BCUT2D eigenvalue weighted by molar-refractivity contribution is -0.118. The summed E-state index contributed by atoms with van der Waals surface area (Å²) in [5.74, 6) is 0.00125. The molecule has 1 fully saturated rings. The van der Waals surface area contributed by atoms with Gasteiger partial charge in [-0.1, -0.05) is 23.7 Å². The molecule has 2 aliphatic rings. The predicted octanol–water partition coefficient (Wildman–Crippen LogP) is 3.71. The number of thiazole rings is 1. The van der Waals surface area contributed by atoms with E-state index in [1.807, 2.05) is 18.2 Å². The van der Waals surface area contributed by atoms with Gasteiger partial charge >= 0.3 is 0 Å². The molecule has 1 aliphatic heterocycles. The van der Waals surface area contributed by atoms with Gasteiger partial charge in [0.05, 0.1) is 12.2 Å². The highest BCUT2D eigenvalue weighted by molar-refractivity contribution is 7.15. The number of benzene rings is 1. The van der Waals surface area contributed by atoms with Crippen LogP contribution >= 0.6 is 47.8 Å². The minimum absolute atomic E-state index is 0. The molecule has 2 heterocycles. The van der Waals surface area contributed by atoms with Crippen molar-refractivity contribution in [1.82, 2.24) is 15.2 Å². The lowest BCUT2D eigenvalue weighted by Gasteiger charge is -2.36. The third-order valence-corrected chi connectivity index (χ3v) is 6.08. The number of fused-ring (bicyclic) bond motifs is 1. The number of nitrogens with zero attached hydrogens (tertiary/aromatic N) is 2. The summed E-state index contributed by atoms with van der Waals surface area (Å²) in [6, 6.07) is 8.04. The number of aromatic nitrogens is 1. The van der Waals surface area contributed by atoms with Crippen LogP contribution in [0.4, 0.5) is 5.13 Å². The minimum Gasteiger partial charge on any atom is -0.314 e. The highest BCUT2D eigenvalue weighted by atomic mass is 35.5. The maximum atomic E-state index is 12.5. The first-order valence-electron chi connectivity index (χ1n) is 8.68. The number of carbonyl (C=O) groups excluding carboxylic acids is 1. The van der Waals surface area contributed by atoms with E-state index >= 15 is 0 Å². The zero-order chi connectivity index (χ0) is 17.2. The van der Waals surface area contributed by atoms with Crippen LogP contribution in [-0.2, 0) is 17.6 Å². The quantitative estimate of drug-likeness (QED) is 0.747. The summed E-state index contributed by atoms with van der Waals surface area (Å²) in [4.78, 5) is 20.6. The SMILES string of the molecule is Cl.Cl.O=C(CN1CCNCC1c1cccc(Cl)c1)Nc1nc2c(s1)CCC2. The second-order valence-electron chi connectivity index (χ2n) is 6.54. The van der Waals surface area contributed by atoms with Gasteiger partial charge in [0, 0.05) is 35.6 Å². The maximum Gasteiger partial charge on any atom is 0.240 e. The summed E-state index contributed by atoms with van der Waals surface area (Å²) in [6.45, 7) is 2.90. The third-order valence-electron chi connectivity index (χ3n) is 4.78. The molecule has 5 nitrogen and oxygen atoms in total. The van der Waals surface area contributed by atoms with E-state index in [4.69, 9.17) is 11.6 Å². The van der Waals surface area contributed by atoms with Crippen molar-refractivity contribution in [3.05, 3.63) is 45.4 Å². The molecule has 2 N–H and O–H groups in total. The van der Waals surface area contributed by atoms with Crippen molar-refractivity contribution in [2.75, 3.05) is 31.5 Å². The van der Waals surface area contributed by atoms with Crippen LogP contribution in [0.1, 0.15) is 28.6 Å².